The van der Waals surface area contributed by atoms with Gasteiger partial charge in [0.05, 0.1) is 13.0 Å². The predicted octanol–water partition coefficient (Wildman–Crippen LogP) is 2.59. The zero-order valence-corrected chi connectivity index (χ0v) is 9.71. The largest absolute Gasteiger partial charge is 0.352 e. The fourth-order valence-corrected chi connectivity index (χ4v) is 1.39. The first kappa shape index (κ1) is 13.9. The maximum Gasteiger partial charge on any atom is 0.345 e. The highest BCUT2D eigenvalue weighted by atomic mass is 35.5. The number of hydrogen-bond donors (Lipinski definition) is 1. The molecule has 0 saturated heterocycles. The molecule has 0 saturated carbocycles. The van der Waals surface area contributed by atoms with Crippen molar-refractivity contribution in [3.63, 3.8) is 0 Å². The molecule has 6 heteroatoms. The summed E-state index contributed by atoms with van der Waals surface area (Å²) in [6, 6.07) is 7.02. The maximum atomic E-state index is 11.6. The van der Waals surface area contributed by atoms with Crippen LogP contribution in [0.2, 0.25) is 5.02 Å². The molecule has 0 unspecified atom stereocenters. The number of benzene rings is 1. The first-order valence-corrected chi connectivity index (χ1v) is 5.36. The number of carbonyl (C=O) groups excluding carboxylic acids is 1. The molecule has 0 bridgehead atoms. The number of amides is 1. The third-order valence-electron chi connectivity index (χ3n) is 1.95. The van der Waals surface area contributed by atoms with E-state index >= 15 is 0 Å². The van der Waals surface area contributed by atoms with Gasteiger partial charge in [0.1, 0.15) is 0 Å². The van der Waals surface area contributed by atoms with E-state index in [2.05, 4.69) is 10.1 Å². The highest BCUT2D eigenvalue weighted by Crippen LogP contribution is 2.10. The van der Waals surface area contributed by atoms with Crippen LogP contribution in [0.4, 0.5) is 8.78 Å². The molecule has 94 valence electrons. The summed E-state index contributed by atoms with van der Waals surface area (Å²) >= 11 is 5.76. The van der Waals surface area contributed by atoms with Gasteiger partial charge in [0.25, 0.3) is 0 Å². The van der Waals surface area contributed by atoms with Crippen molar-refractivity contribution in [1.82, 2.24) is 5.32 Å². The minimum atomic E-state index is -2.84. The van der Waals surface area contributed by atoms with E-state index < -0.39 is 6.61 Å². The van der Waals surface area contributed by atoms with Gasteiger partial charge in [-0.2, -0.15) is 8.78 Å². The number of halogens is 3. The average Bonchev–Trinajstić information content (AvgIpc) is 2.26. The quantitative estimate of drug-likeness (QED) is 0.857. The lowest BCUT2D eigenvalue weighted by Crippen LogP contribution is -2.24. The zero-order chi connectivity index (χ0) is 12.7. The van der Waals surface area contributed by atoms with E-state index in [0.717, 1.165) is 5.56 Å². The predicted molar refractivity (Wildman–Crippen MR) is 59.9 cm³/mol. The minimum absolute atomic E-state index is 0.0924. The molecular weight excluding hydrogens is 252 g/mol. The zero-order valence-electron chi connectivity index (χ0n) is 8.96. The van der Waals surface area contributed by atoms with Gasteiger partial charge in [0.15, 0.2) is 0 Å². The monoisotopic (exact) mass is 263 g/mol. The lowest BCUT2D eigenvalue weighted by Gasteiger charge is -2.06. The maximum absolute atomic E-state index is 11.6. The third-order valence-corrected chi connectivity index (χ3v) is 2.19. The van der Waals surface area contributed by atoms with E-state index in [0.29, 0.717) is 11.6 Å². The number of alkyl halides is 2. The number of hydrogen-bond acceptors (Lipinski definition) is 2. The Morgan fingerprint density at radius 2 is 2.24 bits per heavy atom. The van der Waals surface area contributed by atoms with Gasteiger partial charge in [-0.25, -0.2) is 0 Å². The van der Waals surface area contributed by atoms with E-state index in [1.54, 1.807) is 18.2 Å². The molecule has 1 aromatic carbocycles. The summed E-state index contributed by atoms with van der Waals surface area (Å²) in [6.07, 6.45) is -0.0924. The molecule has 0 aromatic heterocycles. The van der Waals surface area contributed by atoms with Crippen LogP contribution >= 0.6 is 11.6 Å². The third kappa shape index (κ3) is 6.19. The van der Waals surface area contributed by atoms with Crippen molar-refractivity contribution in [1.29, 1.82) is 0 Å². The fraction of sp³-hybridized carbons (Fsp3) is 0.364. The Hall–Kier alpha value is -1.20. The standard InChI is InChI=1S/C11H12ClF2NO2/c12-9-3-1-2-8(6-9)7-15-10(16)4-5-17-11(13)14/h1-3,6,11H,4-5,7H2,(H,15,16). The second-order valence-corrected chi connectivity index (χ2v) is 3.72. The number of carbonyl (C=O) groups is 1. The summed E-state index contributed by atoms with van der Waals surface area (Å²) in [5.74, 6) is -0.342. The van der Waals surface area contributed by atoms with Crippen LogP contribution in [0.5, 0.6) is 0 Å². The van der Waals surface area contributed by atoms with Crippen LogP contribution in [0, 0.1) is 0 Å². The normalized spacial score (nSPS) is 10.6. The van der Waals surface area contributed by atoms with Gasteiger partial charge >= 0.3 is 6.61 Å². The van der Waals surface area contributed by atoms with E-state index in [4.69, 9.17) is 11.6 Å². The van der Waals surface area contributed by atoms with Gasteiger partial charge in [0, 0.05) is 11.6 Å². The first-order chi connectivity index (χ1) is 8.08. The van der Waals surface area contributed by atoms with E-state index in [1.165, 1.54) is 0 Å². The minimum Gasteiger partial charge on any atom is -0.352 e. The van der Waals surface area contributed by atoms with Gasteiger partial charge in [0.2, 0.25) is 5.91 Å². The van der Waals surface area contributed by atoms with Crippen LogP contribution in [0.15, 0.2) is 24.3 Å². The molecule has 0 aliphatic carbocycles. The summed E-state index contributed by atoms with van der Waals surface area (Å²) in [5, 5.41) is 3.16. The molecule has 0 fully saturated rings. The molecule has 1 amide bonds. The molecule has 1 aromatic rings. The molecule has 0 aliphatic rings. The van der Waals surface area contributed by atoms with Crippen LogP contribution in [0.3, 0.4) is 0 Å². The highest BCUT2D eigenvalue weighted by Gasteiger charge is 2.05. The Morgan fingerprint density at radius 1 is 1.47 bits per heavy atom. The van der Waals surface area contributed by atoms with E-state index in [1.807, 2.05) is 6.07 Å². The SMILES string of the molecule is O=C(CCOC(F)F)NCc1cccc(Cl)c1. The van der Waals surface area contributed by atoms with Gasteiger partial charge in [-0.1, -0.05) is 23.7 Å². The van der Waals surface area contributed by atoms with Crippen LogP contribution in [-0.2, 0) is 16.1 Å². The Labute approximate surface area is 103 Å². The lowest BCUT2D eigenvalue weighted by molar-refractivity contribution is -0.138. The second-order valence-electron chi connectivity index (χ2n) is 3.29. The molecule has 3 nitrogen and oxygen atoms in total. The van der Waals surface area contributed by atoms with Gasteiger partial charge in [-0.15, -0.1) is 0 Å². The average molecular weight is 264 g/mol. The lowest BCUT2D eigenvalue weighted by atomic mass is 10.2. The van der Waals surface area contributed by atoms with E-state index in [-0.39, 0.29) is 18.9 Å². The highest BCUT2D eigenvalue weighted by molar-refractivity contribution is 6.30. The summed E-state index contributed by atoms with van der Waals surface area (Å²) in [7, 11) is 0. The molecule has 17 heavy (non-hydrogen) atoms. The summed E-state index contributed by atoms with van der Waals surface area (Å²) < 4.78 is 27.2. The Morgan fingerprint density at radius 3 is 2.88 bits per heavy atom. The number of ether oxygens (including phenoxy) is 1. The summed E-state index contributed by atoms with van der Waals surface area (Å²) in [5.41, 5.74) is 0.848. The molecule has 0 spiro atoms. The van der Waals surface area contributed by atoms with Crippen molar-refractivity contribution in [3.05, 3.63) is 34.9 Å². The van der Waals surface area contributed by atoms with Gasteiger partial charge in [-0.3, -0.25) is 4.79 Å². The topological polar surface area (TPSA) is 38.3 Å². The molecule has 0 radical (unpaired) electrons. The van der Waals surface area contributed by atoms with Crippen LogP contribution in [0.25, 0.3) is 0 Å². The molecule has 1 N–H and O–H groups in total. The van der Waals surface area contributed by atoms with Crippen molar-refractivity contribution in [2.24, 2.45) is 0 Å². The van der Waals surface area contributed by atoms with Crippen molar-refractivity contribution in [2.75, 3.05) is 6.61 Å². The Balaban J connectivity index is 2.24. The fourth-order valence-electron chi connectivity index (χ4n) is 1.18. The van der Waals surface area contributed by atoms with E-state index in [9.17, 15) is 13.6 Å². The first-order valence-electron chi connectivity index (χ1n) is 4.99. The smallest absolute Gasteiger partial charge is 0.345 e. The summed E-state index contributed by atoms with van der Waals surface area (Å²) in [4.78, 5) is 11.2. The van der Waals surface area contributed by atoms with Crippen LogP contribution in [0.1, 0.15) is 12.0 Å². The van der Waals surface area contributed by atoms with Crippen molar-refractivity contribution >= 4 is 17.5 Å². The molecule has 0 atom stereocenters. The Bertz CT molecular complexity index is 374. The van der Waals surface area contributed by atoms with Crippen molar-refractivity contribution in [2.45, 2.75) is 19.6 Å². The summed E-state index contributed by atoms with van der Waals surface area (Å²) in [6.45, 7) is -2.82. The van der Waals surface area contributed by atoms with Crippen molar-refractivity contribution in [3.8, 4) is 0 Å². The van der Waals surface area contributed by atoms with Crippen molar-refractivity contribution < 1.29 is 18.3 Å². The second kappa shape index (κ2) is 7.19. The molecular formula is C11H12ClF2NO2. The molecule has 1 rings (SSSR count). The number of rotatable bonds is 6. The molecule has 0 heterocycles. The van der Waals surface area contributed by atoms with Crippen LogP contribution in [-0.4, -0.2) is 19.1 Å². The van der Waals surface area contributed by atoms with Crippen LogP contribution < -0.4 is 5.32 Å². The van der Waals surface area contributed by atoms with Gasteiger partial charge < -0.3 is 10.1 Å². The van der Waals surface area contributed by atoms with Gasteiger partial charge in [-0.05, 0) is 17.7 Å². The number of nitrogens with one attached hydrogen (secondary N) is 1. The molecule has 0 aliphatic heterocycles. The Kier molecular flexibility index (Phi) is 5.86.